The summed E-state index contributed by atoms with van der Waals surface area (Å²) >= 11 is 0. The summed E-state index contributed by atoms with van der Waals surface area (Å²) in [6.07, 6.45) is 2.56. The molecule has 2 unspecified atom stereocenters. The Morgan fingerprint density at radius 2 is 2.39 bits per heavy atom. The van der Waals surface area contributed by atoms with Crippen LogP contribution in [0.2, 0.25) is 0 Å². The second kappa shape index (κ2) is 8.45. The van der Waals surface area contributed by atoms with Crippen molar-refractivity contribution in [2.75, 3.05) is 40.0 Å². The molecule has 5 heteroatoms. The average molecular weight is 258 g/mol. The maximum Gasteiger partial charge on any atom is 0.239 e. The van der Waals surface area contributed by atoms with Gasteiger partial charge in [0.15, 0.2) is 0 Å². The summed E-state index contributed by atoms with van der Waals surface area (Å²) in [6.45, 7) is 5.72. The van der Waals surface area contributed by atoms with Crippen molar-refractivity contribution in [2.24, 2.45) is 11.7 Å². The van der Waals surface area contributed by atoms with Crippen molar-refractivity contribution in [2.45, 2.75) is 32.2 Å². The topological polar surface area (TPSA) is 64.8 Å². The quantitative estimate of drug-likeness (QED) is 0.648. The van der Waals surface area contributed by atoms with Gasteiger partial charge in [0.1, 0.15) is 0 Å². The van der Waals surface area contributed by atoms with Gasteiger partial charge in [-0.2, -0.15) is 0 Å². The minimum Gasteiger partial charge on any atom is -0.385 e. The lowest BCUT2D eigenvalue weighted by Crippen LogP contribution is -2.45. The van der Waals surface area contributed by atoms with Gasteiger partial charge in [0.25, 0.3) is 0 Å². The van der Waals surface area contributed by atoms with Crippen LogP contribution >= 0.6 is 0 Å². The molecule has 1 saturated heterocycles. The summed E-state index contributed by atoms with van der Waals surface area (Å²) in [4.78, 5) is 14.0. The normalized spacial score (nSPS) is 20.9. The van der Waals surface area contributed by atoms with Crippen molar-refractivity contribution in [1.82, 2.24) is 4.90 Å². The fourth-order valence-electron chi connectivity index (χ4n) is 2.22. The number of rotatable bonds is 8. The number of carbonyl (C=O) groups excluding carboxylic acids is 1. The summed E-state index contributed by atoms with van der Waals surface area (Å²) in [7, 11) is 1.66. The van der Waals surface area contributed by atoms with Gasteiger partial charge in [-0.3, -0.25) is 4.79 Å². The van der Waals surface area contributed by atoms with E-state index in [-0.39, 0.29) is 5.91 Å². The SMILES string of the molecule is CCN(CC1CCOC1)C(=O)C(N)CCCOC. The number of hydrogen-bond acceptors (Lipinski definition) is 4. The van der Waals surface area contributed by atoms with E-state index < -0.39 is 6.04 Å². The van der Waals surface area contributed by atoms with Crippen LogP contribution in [-0.4, -0.2) is 56.9 Å². The van der Waals surface area contributed by atoms with Gasteiger partial charge in [-0.1, -0.05) is 0 Å². The molecule has 1 heterocycles. The van der Waals surface area contributed by atoms with Crippen LogP contribution < -0.4 is 5.73 Å². The molecule has 0 bridgehead atoms. The molecular formula is C13H26N2O3. The van der Waals surface area contributed by atoms with Crippen molar-refractivity contribution in [1.29, 1.82) is 0 Å². The fourth-order valence-corrected chi connectivity index (χ4v) is 2.22. The van der Waals surface area contributed by atoms with E-state index in [2.05, 4.69) is 0 Å². The summed E-state index contributed by atoms with van der Waals surface area (Å²) in [5.41, 5.74) is 5.93. The van der Waals surface area contributed by atoms with Gasteiger partial charge in [0.2, 0.25) is 5.91 Å². The van der Waals surface area contributed by atoms with Gasteiger partial charge in [0.05, 0.1) is 12.6 Å². The number of carbonyl (C=O) groups is 1. The summed E-state index contributed by atoms with van der Waals surface area (Å²) in [6, 6.07) is -0.401. The molecule has 2 atom stereocenters. The predicted octanol–water partition coefficient (Wildman–Crippen LogP) is 0.625. The number of nitrogens with two attached hydrogens (primary N) is 1. The molecular weight excluding hydrogens is 232 g/mol. The lowest BCUT2D eigenvalue weighted by Gasteiger charge is -2.26. The Morgan fingerprint density at radius 1 is 1.61 bits per heavy atom. The van der Waals surface area contributed by atoms with Gasteiger partial charge in [-0.05, 0) is 26.2 Å². The summed E-state index contributed by atoms with van der Waals surface area (Å²) in [5, 5.41) is 0. The van der Waals surface area contributed by atoms with Gasteiger partial charge in [-0.15, -0.1) is 0 Å². The van der Waals surface area contributed by atoms with Crippen molar-refractivity contribution in [3.05, 3.63) is 0 Å². The molecule has 106 valence electrons. The lowest BCUT2D eigenvalue weighted by molar-refractivity contribution is -0.133. The number of nitrogens with zero attached hydrogens (tertiary/aromatic N) is 1. The van der Waals surface area contributed by atoms with E-state index in [4.69, 9.17) is 15.2 Å². The van der Waals surface area contributed by atoms with Crippen molar-refractivity contribution in [3.63, 3.8) is 0 Å². The molecule has 0 aliphatic carbocycles. The zero-order valence-corrected chi connectivity index (χ0v) is 11.6. The minimum atomic E-state index is -0.401. The van der Waals surface area contributed by atoms with E-state index in [1.807, 2.05) is 11.8 Å². The maximum absolute atomic E-state index is 12.2. The van der Waals surface area contributed by atoms with Crippen molar-refractivity contribution >= 4 is 5.91 Å². The monoisotopic (exact) mass is 258 g/mol. The Hall–Kier alpha value is -0.650. The van der Waals surface area contributed by atoms with Crippen molar-refractivity contribution < 1.29 is 14.3 Å². The molecule has 0 aromatic carbocycles. The van der Waals surface area contributed by atoms with E-state index >= 15 is 0 Å². The highest BCUT2D eigenvalue weighted by atomic mass is 16.5. The number of ether oxygens (including phenoxy) is 2. The highest BCUT2D eigenvalue weighted by molar-refractivity contribution is 5.81. The Labute approximate surface area is 110 Å². The number of amides is 1. The molecule has 0 saturated carbocycles. The zero-order chi connectivity index (χ0) is 13.4. The van der Waals surface area contributed by atoms with E-state index in [0.29, 0.717) is 25.5 Å². The lowest BCUT2D eigenvalue weighted by atomic mass is 10.1. The van der Waals surface area contributed by atoms with Crippen LogP contribution in [0.25, 0.3) is 0 Å². The maximum atomic E-state index is 12.2. The Kier molecular flexibility index (Phi) is 7.23. The van der Waals surface area contributed by atoms with Crippen LogP contribution in [-0.2, 0) is 14.3 Å². The Bertz CT molecular complexity index is 242. The Balaban J connectivity index is 2.34. The zero-order valence-electron chi connectivity index (χ0n) is 11.6. The highest BCUT2D eigenvalue weighted by Gasteiger charge is 2.24. The first kappa shape index (κ1) is 15.4. The molecule has 1 rings (SSSR count). The molecule has 0 aromatic rings. The smallest absolute Gasteiger partial charge is 0.239 e. The van der Waals surface area contributed by atoms with Crippen LogP contribution in [0.15, 0.2) is 0 Å². The van der Waals surface area contributed by atoms with Crippen LogP contribution in [0, 0.1) is 5.92 Å². The van der Waals surface area contributed by atoms with Gasteiger partial charge < -0.3 is 20.1 Å². The van der Waals surface area contributed by atoms with Crippen LogP contribution in [0.5, 0.6) is 0 Å². The van der Waals surface area contributed by atoms with Crippen LogP contribution in [0.1, 0.15) is 26.2 Å². The first-order valence-electron chi connectivity index (χ1n) is 6.80. The van der Waals surface area contributed by atoms with Crippen LogP contribution in [0.3, 0.4) is 0 Å². The van der Waals surface area contributed by atoms with Gasteiger partial charge >= 0.3 is 0 Å². The first-order chi connectivity index (χ1) is 8.69. The fraction of sp³-hybridized carbons (Fsp3) is 0.923. The van der Waals surface area contributed by atoms with E-state index in [9.17, 15) is 4.79 Å². The van der Waals surface area contributed by atoms with Crippen molar-refractivity contribution in [3.8, 4) is 0 Å². The molecule has 5 nitrogen and oxygen atoms in total. The molecule has 1 amide bonds. The molecule has 0 spiro atoms. The second-order valence-electron chi connectivity index (χ2n) is 4.85. The first-order valence-corrected chi connectivity index (χ1v) is 6.80. The minimum absolute atomic E-state index is 0.0560. The predicted molar refractivity (Wildman–Crippen MR) is 70.3 cm³/mol. The largest absolute Gasteiger partial charge is 0.385 e. The molecule has 0 aromatic heterocycles. The van der Waals surface area contributed by atoms with E-state index in [1.165, 1.54) is 0 Å². The number of likely N-dealkylation sites (N-methyl/N-ethyl adjacent to an activating group) is 1. The molecule has 0 radical (unpaired) electrons. The Morgan fingerprint density at radius 3 is 2.94 bits per heavy atom. The number of methoxy groups -OCH3 is 1. The summed E-state index contributed by atoms with van der Waals surface area (Å²) in [5.74, 6) is 0.528. The third-order valence-electron chi connectivity index (χ3n) is 3.38. The van der Waals surface area contributed by atoms with Crippen LogP contribution in [0.4, 0.5) is 0 Å². The molecule has 1 aliphatic heterocycles. The molecule has 2 N–H and O–H groups in total. The molecule has 1 aliphatic rings. The highest BCUT2D eigenvalue weighted by Crippen LogP contribution is 2.14. The molecule has 1 fully saturated rings. The average Bonchev–Trinajstić information content (AvgIpc) is 2.88. The number of hydrogen-bond donors (Lipinski definition) is 1. The van der Waals surface area contributed by atoms with E-state index in [1.54, 1.807) is 7.11 Å². The molecule has 18 heavy (non-hydrogen) atoms. The van der Waals surface area contributed by atoms with Gasteiger partial charge in [-0.25, -0.2) is 0 Å². The summed E-state index contributed by atoms with van der Waals surface area (Å²) < 4.78 is 10.3. The van der Waals surface area contributed by atoms with E-state index in [0.717, 1.165) is 32.6 Å². The standard InChI is InChI=1S/C13H26N2O3/c1-3-15(9-11-6-8-18-10-11)13(16)12(14)5-4-7-17-2/h11-12H,3-10,14H2,1-2H3. The second-order valence-corrected chi connectivity index (χ2v) is 4.85. The third kappa shape index (κ3) is 4.92. The van der Waals surface area contributed by atoms with Gasteiger partial charge in [0, 0.05) is 39.3 Å². The third-order valence-corrected chi connectivity index (χ3v) is 3.38.